The highest BCUT2D eigenvalue weighted by Crippen LogP contribution is 2.22. The smallest absolute Gasteiger partial charge is 0.338 e. The Morgan fingerprint density at radius 2 is 1.73 bits per heavy atom. The normalized spacial score (nSPS) is 14.1. The molecule has 1 saturated heterocycles. The van der Waals surface area contributed by atoms with Crippen LogP contribution in [0.1, 0.15) is 30.1 Å². The van der Waals surface area contributed by atoms with Gasteiger partial charge in [-0.25, -0.2) is 4.79 Å². The van der Waals surface area contributed by atoms with Crippen molar-refractivity contribution in [3.05, 3.63) is 29.8 Å². The Labute approximate surface area is 127 Å². The Kier molecular flexibility index (Phi) is 4.88. The molecular formula is C15H16N2O5. The van der Waals surface area contributed by atoms with Crippen molar-refractivity contribution in [2.24, 2.45) is 0 Å². The van der Waals surface area contributed by atoms with Crippen molar-refractivity contribution in [3.8, 4) is 0 Å². The van der Waals surface area contributed by atoms with Gasteiger partial charge in [0, 0.05) is 19.8 Å². The number of imide groups is 1. The van der Waals surface area contributed by atoms with Crippen molar-refractivity contribution in [3.63, 3.8) is 0 Å². The molecule has 1 aliphatic rings. The van der Waals surface area contributed by atoms with E-state index in [1.54, 1.807) is 0 Å². The molecule has 0 unspecified atom stereocenters. The minimum atomic E-state index is -0.532. The van der Waals surface area contributed by atoms with Crippen molar-refractivity contribution in [2.45, 2.75) is 19.8 Å². The summed E-state index contributed by atoms with van der Waals surface area (Å²) >= 11 is 0. The third-order valence-electron chi connectivity index (χ3n) is 3.12. The van der Waals surface area contributed by atoms with Gasteiger partial charge in [-0.2, -0.15) is 0 Å². The molecule has 7 nitrogen and oxygen atoms in total. The second-order valence-electron chi connectivity index (χ2n) is 4.79. The van der Waals surface area contributed by atoms with Crippen molar-refractivity contribution in [1.29, 1.82) is 0 Å². The third-order valence-corrected chi connectivity index (χ3v) is 3.12. The molecule has 0 atom stereocenters. The number of hydrogen-bond acceptors (Lipinski definition) is 5. The van der Waals surface area contributed by atoms with Gasteiger partial charge in [0.15, 0.2) is 0 Å². The standard InChI is InChI=1S/C15H16N2O5/c1-10(18)16-8-9-22-15(21)11-2-4-12(5-3-11)17-13(19)6-7-14(17)20/h2-5H,6-9H2,1H3,(H,16,18). The molecular weight excluding hydrogens is 288 g/mol. The number of rotatable bonds is 5. The van der Waals surface area contributed by atoms with Gasteiger partial charge in [-0.3, -0.25) is 19.3 Å². The molecule has 1 heterocycles. The maximum absolute atomic E-state index is 11.8. The lowest BCUT2D eigenvalue weighted by Crippen LogP contribution is -2.28. The highest BCUT2D eigenvalue weighted by Gasteiger charge is 2.30. The monoisotopic (exact) mass is 304 g/mol. The van der Waals surface area contributed by atoms with Gasteiger partial charge in [0.2, 0.25) is 17.7 Å². The summed E-state index contributed by atoms with van der Waals surface area (Å²) < 4.78 is 4.98. The van der Waals surface area contributed by atoms with E-state index in [1.807, 2.05) is 0 Å². The number of nitrogens with one attached hydrogen (secondary N) is 1. The van der Waals surface area contributed by atoms with E-state index in [-0.39, 0.29) is 43.7 Å². The fourth-order valence-corrected chi connectivity index (χ4v) is 2.07. The summed E-state index contributed by atoms with van der Waals surface area (Å²) in [4.78, 5) is 46.8. The lowest BCUT2D eigenvalue weighted by Gasteiger charge is -2.14. The predicted molar refractivity (Wildman–Crippen MR) is 77.1 cm³/mol. The van der Waals surface area contributed by atoms with Gasteiger partial charge in [0.25, 0.3) is 0 Å². The van der Waals surface area contributed by atoms with E-state index < -0.39 is 5.97 Å². The van der Waals surface area contributed by atoms with Gasteiger partial charge in [0.1, 0.15) is 6.61 Å². The molecule has 22 heavy (non-hydrogen) atoms. The molecule has 1 fully saturated rings. The average molecular weight is 304 g/mol. The Morgan fingerprint density at radius 3 is 2.27 bits per heavy atom. The number of hydrogen-bond donors (Lipinski definition) is 1. The second-order valence-corrected chi connectivity index (χ2v) is 4.79. The number of ether oxygens (including phenoxy) is 1. The largest absolute Gasteiger partial charge is 0.460 e. The van der Waals surface area contributed by atoms with Crippen LogP contribution in [0.5, 0.6) is 0 Å². The molecule has 116 valence electrons. The molecule has 1 aromatic carbocycles. The Balaban J connectivity index is 1.94. The van der Waals surface area contributed by atoms with E-state index in [2.05, 4.69) is 5.32 Å². The number of anilines is 1. The van der Waals surface area contributed by atoms with E-state index in [9.17, 15) is 19.2 Å². The average Bonchev–Trinajstić information content (AvgIpc) is 2.82. The topological polar surface area (TPSA) is 92.8 Å². The van der Waals surface area contributed by atoms with Crippen LogP contribution in [-0.4, -0.2) is 36.8 Å². The zero-order valence-corrected chi connectivity index (χ0v) is 12.1. The predicted octanol–water partition coefficient (Wildman–Crippen LogP) is 0.633. The van der Waals surface area contributed by atoms with Gasteiger partial charge in [-0.1, -0.05) is 0 Å². The molecule has 3 amide bonds. The second kappa shape index (κ2) is 6.84. The number of benzene rings is 1. The van der Waals surface area contributed by atoms with Gasteiger partial charge in [-0.05, 0) is 24.3 Å². The molecule has 1 N–H and O–H groups in total. The summed E-state index contributed by atoms with van der Waals surface area (Å²) in [6, 6.07) is 6.06. The van der Waals surface area contributed by atoms with E-state index in [1.165, 1.54) is 31.2 Å². The van der Waals surface area contributed by atoms with Crippen molar-refractivity contribution in [1.82, 2.24) is 5.32 Å². The van der Waals surface area contributed by atoms with Crippen LogP contribution in [0.15, 0.2) is 24.3 Å². The van der Waals surface area contributed by atoms with Crippen LogP contribution in [0.3, 0.4) is 0 Å². The molecule has 2 rings (SSSR count). The van der Waals surface area contributed by atoms with E-state index >= 15 is 0 Å². The Hall–Kier alpha value is -2.70. The summed E-state index contributed by atoms with van der Waals surface area (Å²) in [6.45, 7) is 1.70. The van der Waals surface area contributed by atoms with Gasteiger partial charge >= 0.3 is 5.97 Å². The molecule has 1 aliphatic heterocycles. The van der Waals surface area contributed by atoms with Crippen LogP contribution in [0.2, 0.25) is 0 Å². The summed E-state index contributed by atoms with van der Waals surface area (Å²) in [7, 11) is 0. The van der Waals surface area contributed by atoms with Crippen LogP contribution in [0, 0.1) is 0 Å². The molecule has 0 aromatic heterocycles. The van der Waals surface area contributed by atoms with Crippen LogP contribution in [0.4, 0.5) is 5.69 Å². The molecule has 0 aliphatic carbocycles. The first kappa shape index (κ1) is 15.7. The lowest BCUT2D eigenvalue weighted by molar-refractivity contribution is -0.121. The Bertz CT molecular complexity index is 593. The first-order valence-electron chi connectivity index (χ1n) is 6.86. The lowest BCUT2D eigenvalue weighted by atomic mass is 10.2. The van der Waals surface area contributed by atoms with Gasteiger partial charge in [0.05, 0.1) is 17.8 Å². The van der Waals surface area contributed by atoms with Crippen LogP contribution < -0.4 is 10.2 Å². The molecule has 0 spiro atoms. The molecule has 0 bridgehead atoms. The first-order chi connectivity index (χ1) is 10.5. The van der Waals surface area contributed by atoms with E-state index in [0.717, 1.165) is 4.90 Å². The van der Waals surface area contributed by atoms with Crippen molar-refractivity contribution in [2.75, 3.05) is 18.1 Å². The third kappa shape index (κ3) is 3.69. The number of esters is 1. The number of amides is 3. The zero-order chi connectivity index (χ0) is 16.1. The minimum Gasteiger partial charge on any atom is -0.460 e. The quantitative estimate of drug-likeness (QED) is 0.489. The minimum absolute atomic E-state index is 0.0727. The van der Waals surface area contributed by atoms with Crippen LogP contribution >= 0.6 is 0 Å². The molecule has 1 aromatic rings. The molecule has 0 radical (unpaired) electrons. The highest BCUT2D eigenvalue weighted by molar-refractivity contribution is 6.19. The molecule has 7 heteroatoms. The van der Waals surface area contributed by atoms with E-state index in [4.69, 9.17) is 4.74 Å². The summed E-state index contributed by atoms with van der Waals surface area (Å²) in [5.74, 6) is -1.21. The fourth-order valence-electron chi connectivity index (χ4n) is 2.07. The Morgan fingerprint density at radius 1 is 1.14 bits per heavy atom. The number of nitrogens with zero attached hydrogens (tertiary/aromatic N) is 1. The van der Waals surface area contributed by atoms with Crippen LogP contribution in [-0.2, 0) is 19.1 Å². The van der Waals surface area contributed by atoms with Crippen LogP contribution in [0.25, 0.3) is 0 Å². The van der Waals surface area contributed by atoms with Gasteiger partial charge in [-0.15, -0.1) is 0 Å². The fraction of sp³-hybridized carbons (Fsp3) is 0.333. The maximum atomic E-state index is 11.8. The SMILES string of the molecule is CC(=O)NCCOC(=O)c1ccc(N2C(=O)CCC2=O)cc1. The van der Waals surface area contributed by atoms with E-state index in [0.29, 0.717) is 11.3 Å². The summed E-state index contributed by atoms with van der Waals surface area (Å²) in [5, 5.41) is 2.51. The highest BCUT2D eigenvalue weighted by atomic mass is 16.5. The summed E-state index contributed by atoms with van der Waals surface area (Å²) in [6.07, 6.45) is 0.428. The maximum Gasteiger partial charge on any atom is 0.338 e. The number of carbonyl (C=O) groups is 4. The molecule has 0 saturated carbocycles. The first-order valence-corrected chi connectivity index (χ1v) is 6.86. The number of carbonyl (C=O) groups excluding carboxylic acids is 4. The zero-order valence-electron chi connectivity index (χ0n) is 12.1. The van der Waals surface area contributed by atoms with Crippen molar-refractivity contribution >= 4 is 29.4 Å². The van der Waals surface area contributed by atoms with Gasteiger partial charge < -0.3 is 10.1 Å². The van der Waals surface area contributed by atoms with Crippen molar-refractivity contribution < 1.29 is 23.9 Å². The summed E-state index contributed by atoms with van der Waals surface area (Å²) in [5.41, 5.74) is 0.757.